The Balaban J connectivity index is 1.97. The van der Waals surface area contributed by atoms with E-state index in [4.69, 9.17) is 4.74 Å². The van der Waals surface area contributed by atoms with Gasteiger partial charge in [-0.15, -0.1) is 6.58 Å². The van der Waals surface area contributed by atoms with E-state index in [9.17, 15) is 25.0 Å². The Labute approximate surface area is 212 Å². The number of imide groups is 1. The predicted octanol–water partition coefficient (Wildman–Crippen LogP) is 4.23. The molecule has 0 saturated heterocycles. The maximum absolute atomic E-state index is 13.3. The topological polar surface area (TPSA) is 131 Å². The van der Waals surface area contributed by atoms with Crippen LogP contribution >= 0.6 is 0 Å². The van der Waals surface area contributed by atoms with Gasteiger partial charge in [0.15, 0.2) is 5.75 Å². The highest BCUT2D eigenvalue weighted by Gasteiger charge is 2.35. The van der Waals surface area contributed by atoms with Gasteiger partial charge in [-0.1, -0.05) is 24.3 Å². The van der Waals surface area contributed by atoms with Crippen LogP contribution in [0.25, 0.3) is 23.0 Å². The average Bonchev–Trinajstić information content (AvgIpc) is 3.33. The summed E-state index contributed by atoms with van der Waals surface area (Å²) in [6.45, 7) is 5.06. The van der Waals surface area contributed by atoms with Gasteiger partial charge in [0, 0.05) is 35.5 Å². The first-order chi connectivity index (χ1) is 17.8. The van der Waals surface area contributed by atoms with E-state index in [1.165, 1.54) is 38.3 Å². The van der Waals surface area contributed by atoms with E-state index in [1.807, 2.05) is 36.4 Å². The molecule has 1 aliphatic rings. The summed E-state index contributed by atoms with van der Waals surface area (Å²) in [6.07, 6.45) is 4.61. The summed E-state index contributed by atoms with van der Waals surface area (Å²) < 4.78 is 6.70. The molecule has 0 spiro atoms. The van der Waals surface area contributed by atoms with Crippen LogP contribution in [0.15, 0.2) is 84.1 Å². The number of nitro groups is 1. The first-order valence-corrected chi connectivity index (χ1v) is 11.1. The number of nitrogens with zero attached hydrogens (tertiary/aromatic N) is 5. The number of hydrogen-bond acceptors (Lipinski definition) is 7. The largest absolute Gasteiger partial charge is 0.490 e. The predicted molar refractivity (Wildman–Crippen MR) is 135 cm³/mol. The number of para-hydroxylation sites is 1. The zero-order valence-corrected chi connectivity index (χ0v) is 20.0. The number of nitro benzene ring substituents is 1. The number of methoxy groups -OCH3 is 1. The van der Waals surface area contributed by atoms with Gasteiger partial charge in [0.05, 0.1) is 17.7 Å². The van der Waals surface area contributed by atoms with Gasteiger partial charge in [0.1, 0.15) is 17.3 Å². The molecule has 4 rings (SSSR count). The molecule has 0 atom stereocenters. The fourth-order valence-electron chi connectivity index (χ4n) is 3.99. The summed E-state index contributed by atoms with van der Waals surface area (Å²) in [5, 5.41) is 25.9. The van der Waals surface area contributed by atoms with Gasteiger partial charge in [-0.05, 0) is 42.8 Å². The van der Waals surface area contributed by atoms with Gasteiger partial charge in [-0.3, -0.25) is 24.6 Å². The van der Waals surface area contributed by atoms with Crippen LogP contribution in [0, 0.1) is 21.4 Å². The van der Waals surface area contributed by atoms with Crippen molar-refractivity contribution in [2.75, 3.05) is 13.7 Å². The lowest BCUT2D eigenvalue weighted by Gasteiger charge is -2.26. The smallest absolute Gasteiger partial charge is 0.311 e. The summed E-state index contributed by atoms with van der Waals surface area (Å²) in [6, 6.07) is 15.5. The van der Waals surface area contributed by atoms with Gasteiger partial charge >= 0.3 is 5.69 Å². The number of carbonyl (C=O) groups excluding carboxylic acids is 2. The first kappa shape index (κ1) is 24.8. The Morgan fingerprint density at radius 1 is 1.19 bits per heavy atom. The molecule has 0 fully saturated rings. The minimum atomic E-state index is -0.687. The molecule has 0 unspecified atom stereocenters. The first-order valence-electron chi connectivity index (χ1n) is 11.1. The molecule has 1 aromatic heterocycles. The third-order valence-corrected chi connectivity index (χ3v) is 5.85. The van der Waals surface area contributed by atoms with E-state index in [1.54, 1.807) is 16.9 Å². The van der Waals surface area contributed by atoms with Crippen LogP contribution in [0.5, 0.6) is 5.75 Å². The van der Waals surface area contributed by atoms with E-state index < -0.39 is 16.7 Å². The van der Waals surface area contributed by atoms with E-state index in [0.717, 1.165) is 10.6 Å². The molecule has 184 valence electrons. The summed E-state index contributed by atoms with van der Waals surface area (Å²) >= 11 is 0. The maximum Gasteiger partial charge on any atom is 0.311 e. The van der Waals surface area contributed by atoms with Gasteiger partial charge in [0.25, 0.3) is 11.8 Å². The second kappa shape index (κ2) is 10.1. The van der Waals surface area contributed by atoms with Crippen LogP contribution in [0.3, 0.4) is 0 Å². The molecule has 2 heterocycles. The highest BCUT2D eigenvalue weighted by molar-refractivity contribution is 6.20. The standard InChI is InChI=1S/C27H21N5O5/c1-4-12-30-26(33)21(17(2)22(15-28)27(30)34)13-19-16-31(20-8-6-5-7-9-20)29-25(19)18-10-11-24(37-3)23(14-18)32(35)36/h4-11,13-14,16H,1,12H2,2-3H3/b21-13+. The summed E-state index contributed by atoms with van der Waals surface area (Å²) in [5.74, 6) is -1.18. The molecule has 10 heteroatoms. The quantitative estimate of drug-likeness (QED) is 0.157. The van der Waals surface area contributed by atoms with E-state index in [-0.39, 0.29) is 34.7 Å². The molecule has 10 nitrogen and oxygen atoms in total. The Bertz CT molecular complexity index is 1540. The van der Waals surface area contributed by atoms with Crippen LogP contribution in [0.4, 0.5) is 5.69 Å². The van der Waals surface area contributed by atoms with Crippen molar-refractivity contribution in [2.24, 2.45) is 0 Å². The van der Waals surface area contributed by atoms with Crippen LogP contribution in [0.1, 0.15) is 12.5 Å². The number of ether oxygens (including phenoxy) is 1. The van der Waals surface area contributed by atoms with Gasteiger partial charge in [-0.2, -0.15) is 10.4 Å². The lowest BCUT2D eigenvalue weighted by atomic mass is 9.93. The van der Waals surface area contributed by atoms with Crippen molar-refractivity contribution in [1.29, 1.82) is 5.26 Å². The van der Waals surface area contributed by atoms with Gasteiger partial charge < -0.3 is 4.74 Å². The number of amides is 2. The molecule has 2 aromatic carbocycles. The molecule has 0 N–H and O–H groups in total. The Morgan fingerprint density at radius 3 is 2.54 bits per heavy atom. The van der Waals surface area contributed by atoms with Crippen LogP contribution in [0.2, 0.25) is 0 Å². The van der Waals surface area contributed by atoms with E-state index in [0.29, 0.717) is 16.8 Å². The Morgan fingerprint density at radius 2 is 1.92 bits per heavy atom. The van der Waals surface area contributed by atoms with Crippen molar-refractivity contribution < 1.29 is 19.2 Å². The van der Waals surface area contributed by atoms with Crippen LogP contribution < -0.4 is 4.74 Å². The molecule has 1 aliphatic heterocycles. The van der Waals surface area contributed by atoms with Crippen LogP contribution in [-0.2, 0) is 9.59 Å². The van der Waals surface area contributed by atoms with Crippen molar-refractivity contribution in [1.82, 2.24) is 14.7 Å². The van der Waals surface area contributed by atoms with E-state index >= 15 is 0 Å². The monoisotopic (exact) mass is 495 g/mol. The molecule has 0 aliphatic carbocycles. The fraction of sp³-hybridized carbons (Fsp3) is 0.111. The van der Waals surface area contributed by atoms with Crippen molar-refractivity contribution >= 4 is 23.6 Å². The fourth-order valence-corrected chi connectivity index (χ4v) is 3.99. The molecular weight excluding hydrogens is 474 g/mol. The highest BCUT2D eigenvalue weighted by Crippen LogP contribution is 2.35. The lowest BCUT2D eigenvalue weighted by Crippen LogP contribution is -2.42. The summed E-state index contributed by atoms with van der Waals surface area (Å²) in [7, 11) is 1.34. The molecular formula is C27H21N5O5. The lowest BCUT2D eigenvalue weighted by molar-refractivity contribution is -0.385. The molecule has 37 heavy (non-hydrogen) atoms. The number of rotatable bonds is 7. The van der Waals surface area contributed by atoms with E-state index in [2.05, 4.69) is 11.7 Å². The molecule has 3 aromatic rings. The Kier molecular flexibility index (Phi) is 6.79. The second-order valence-electron chi connectivity index (χ2n) is 8.04. The van der Waals surface area contributed by atoms with Crippen molar-refractivity contribution in [3.05, 3.63) is 99.8 Å². The van der Waals surface area contributed by atoms with Gasteiger partial charge in [0.2, 0.25) is 0 Å². The van der Waals surface area contributed by atoms with Crippen molar-refractivity contribution in [3.8, 4) is 28.8 Å². The zero-order chi connectivity index (χ0) is 26.7. The van der Waals surface area contributed by atoms with Gasteiger partial charge in [-0.25, -0.2) is 4.68 Å². The minimum absolute atomic E-state index is 0.0612. The number of hydrogen-bond donors (Lipinski definition) is 0. The second-order valence-corrected chi connectivity index (χ2v) is 8.04. The number of benzene rings is 2. The highest BCUT2D eigenvalue weighted by atomic mass is 16.6. The van der Waals surface area contributed by atoms with Crippen molar-refractivity contribution in [2.45, 2.75) is 6.92 Å². The third kappa shape index (κ3) is 4.53. The van der Waals surface area contributed by atoms with Crippen molar-refractivity contribution in [3.63, 3.8) is 0 Å². The van der Waals surface area contributed by atoms with Crippen LogP contribution in [-0.4, -0.2) is 45.1 Å². The summed E-state index contributed by atoms with van der Waals surface area (Å²) in [4.78, 5) is 38.0. The number of aromatic nitrogens is 2. The molecule has 0 bridgehead atoms. The number of nitriles is 1. The minimum Gasteiger partial charge on any atom is -0.490 e. The molecule has 0 saturated carbocycles. The zero-order valence-electron chi connectivity index (χ0n) is 20.0. The average molecular weight is 495 g/mol. The molecule has 2 amide bonds. The summed E-state index contributed by atoms with van der Waals surface area (Å²) in [5.41, 5.74) is 1.92. The Hall–Kier alpha value is -5.30. The number of carbonyl (C=O) groups is 2. The molecule has 0 radical (unpaired) electrons. The SMILES string of the molecule is C=CCN1C(=O)C(C#N)=C(C)/C(=C\c2cn(-c3ccccc3)nc2-c2ccc(OC)c([N+](=O)[O-])c2)C1=O. The normalized spacial score (nSPS) is 14.6. The third-order valence-electron chi connectivity index (χ3n) is 5.85. The maximum atomic E-state index is 13.3.